The molecule has 0 spiro atoms. The Bertz CT molecular complexity index is 367. The molecule has 0 aromatic heterocycles. The van der Waals surface area contributed by atoms with Gasteiger partial charge in [-0.25, -0.2) is 4.79 Å². The van der Waals surface area contributed by atoms with Gasteiger partial charge in [-0.05, 0) is 36.0 Å². The van der Waals surface area contributed by atoms with Crippen molar-refractivity contribution in [3.05, 3.63) is 34.4 Å². The second-order valence-electron chi connectivity index (χ2n) is 3.60. The average Bonchev–Trinajstić information content (AvgIpc) is 2.26. The molecule has 0 saturated heterocycles. The van der Waals surface area contributed by atoms with Crippen LogP contribution < -0.4 is 0 Å². The summed E-state index contributed by atoms with van der Waals surface area (Å²) < 4.78 is 0. The van der Waals surface area contributed by atoms with Crippen LogP contribution in [-0.2, 0) is 19.3 Å². The van der Waals surface area contributed by atoms with E-state index >= 15 is 0 Å². The first-order chi connectivity index (χ1) is 7.15. The lowest BCUT2D eigenvalue weighted by Gasteiger charge is -2.13. The van der Waals surface area contributed by atoms with Crippen molar-refractivity contribution in [3.63, 3.8) is 0 Å². The fraction of sp³-hybridized carbons (Fsp3) is 0.462. The van der Waals surface area contributed by atoms with E-state index in [-0.39, 0.29) is 0 Å². The predicted molar refractivity (Wildman–Crippen MR) is 61.5 cm³/mol. The Morgan fingerprint density at radius 3 is 2.00 bits per heavy atom. The molecule has 15 heavy (non-hydrogen) atoms. The zero-order valence-electron chi connectivity index (χ0n) is 9.63. The van der Waals surface area contributed by atoms with Gasteiger partial charge in [-0.3, -0.25) is 0 Å². The second-order valence-corrected chi connectivity index (χ2v) is 3.60. The Balaban J connectivity index is 3.44. The summed E-state index contributed by atoms with van der Waals surface area (Å²) in [5.41, 5.74) is 3.63. The van der Waals surface area contributed by atoms with Crippen molar-refractivity contribution in [2.75, 3.05) is 0 Å². The molecule has 0 heterocycles. The molecule has 0 aliphatic carbocycles. The lowest BCUT2D eigenvalue weighted by Crippen LogP contribution is -2.09. The number of aromatic carboxylic acids is 1. The smallest absolute Gasteiger partial charge is 0.336 e. The van der Waals surface area contributed by atoms with Gasteiger partial charge in [0.1, 0.15) is 0 Å². The molecule has 1 rings (SSSR count). The third-order valence-electron chi connectivity index (χ3n) is 2.83. The molecule has 0 aliphatic rings. The predicted octanol–water partition coefficient (Wildman–Crippen LogP) is 3.07. The van der Waals surface area contributed by atoms with E-state index in [0.29, 0.717) is 5.56 Å². The summed E-state index contributed by atoms with van der Waals surface area (Å²) in [5.74, 6) is -0.793. The topological polar surface area (TPSA) is 37.3 Å². The van der Waals surface area contributed by atoms with Gasteiger partial charge < -0.3 is 5.11 Å². The van der Waals surface area contributed by atoms with Crippen LogP contribution in [0, 0.1) is 0 Å². The minimum Gasteiger partial charge on any atom is -0.478 e. The fourth-order valence-electron chi connectivity index (χ4n) is 2.04. The highest BCUT2D eigenvalue weighted by Gasteiger charge is 2.15. The molecule has 0 unspecified atom stereocenters. The maximum absolute atomic E-state index is 11.2. The molecular formula is C13H18O2. The molecule has 0 atom stereocenters. The van der Waals surface area contributed by atoms with E-state index in [1.165, 1.54) is 0 Å². The molecule has 0 saturated carbocycles. The van der Waals surface area contributed by atoms with Crippen molar-refractivity contribution < 1.29 is 9.90 Å². The van der Waals surface area contributed by atoms with E-state index < -0.39 is 5.97 Å². The molecule has 2 nitrogen and oxygen atoms in total. The zero-order chi connectivity index (χ0) is 11.4. The van der Waals surface area contributed by atoms with Crippen LogP contribution >= 0.6 is 0 Å². The number of carbonyl (C=O) groups is 1. The molecule has 1 aromatic carbocycles. The number of carboxylic acids is 1. The van der Waals surface area contributed by atoms with Crippen molar-refractivity contribution in [2.24, 2.45) is 0 Å². The highest BCUT2D eigenvalue weighted by atomic mass is 16.4. The summed E-state index contributed by atoms with van der Waals surface area (Å²) in [4.78, 5) is 11.2. The van der Waals surface area contributed by atoms with Gasteiger partial charge in [0.15, 0.2) is 0 Å². The van der Waals surface area contributed by atoms with Crippen molar-refractivity contribution >= 4 is 5.97 Å². The van der Waals surface area contributed by atoms with Crippen LogP contribution in [0.2, 0.25) is 0 Å². The Morgan fingerprint density at radius 2 is 1.60 bits per heavy atom. The quantitative estimate of drug-likeness (QED) is 0.822. The minimum absolute atomic E-state index is 0.527. The summed E-state index contributed by atoms with van der Waals surface area (Å²) in [6, 6.07) is 4.01. The van der Waals surface area contributed by atoms with Gasteiger partial charge >= 0.3 is 5.97 Å². The van der Waals surface area contributed by atoms with Crippen LogP contribution in [0.4, 0.5) is 0 Å². The Morgan fingerprint density at radius 1 is 1.07 bits per heavy atom. The molecule has 0 bridgehead atoms. The molecule has 1 N–H and O–H groups in total. The maximum Gasteiger partial charge on any atom is 0.336 e. The van der Waals surface area contributed by atoms with E-state index in [9.17, 15) is 9.90 Å². The number of rotatable bonds is 4. The van der Waals surface area contributed by atoms with Crippen LogP contribution in [0.3, 0.4) is 0 Å². The van der Waals surface area contributed by atoms with Crippen molar-refractivity contribution in [1.82, 2.24) is 0 Å². The van der Waals surface area contributed by atoms with Gasteiger partial charge in [0.25, 0.3) is 0 Å². The summed E-state index contributed by atoms with van der Waals surface area (Å²) in [5, 5.41) is 9.23. The third kappa shape index (κ3) is 2.20. The van der Waals surface area contributed by atoms with Gasteiger partial charge in [-0.15, -0.1) is 0 Å². The van der Waals surface area contributed by atoms with Gasteiger partial charge in [-0.1, -0.05) is 32.9 Å². The SMILES string of the molecule is CCc1ccc(CC)c(C(=O)O)c1CC. The van der Waals surface area contributed by atoms with Crippen LogP contribution in [0.15, 0.2) is 12.1 Å². The lowest BCUT2D eigenvalue weighted by atomic mass is 9.92. The van der Waals surface area contributed by atoms with E-state index in [0.717, 1.165) is 36.0 Å². The van der Waals surface area contributed by atoms with Gasteiger partial charge in [0, 0.05) is 0 Å². The molecule has 0 fully saturated rings. The first-order valence-corrected chi connectivity index (χ1v) is 5.52. The Kier molecular flexibility index (Phi) is 3.89. The minimum atomic E-state index is -0.793. The van der Waals surface area contributed by atoms with E-state index in [2.05, 4.69) is 13.0 Å². The standard InChI is InChI=1S/C13H18O2/c1-4-9-7-8-10(5-2)12(13(14)15)11(9)6-3/h7-8H,4-6H2,1-3H3,(H,14,15). The molecular weight excluding hydrogens is 188 g/mol. The maximum atomic E-state index is 11.2. The molecule has 0 radical (unpaired) electrons. The average molecular weight is 206 g/mol. The second kappa shape index (κ2) is 4.96. The highest BCUT2D eigenvalue weighted by molar-refractivity contribution is 5.91. The molecule has 0 aliphatic heterocycles. The molecule has 82 valence electrons. The highest BCUT2D eigenvalue weighted by Crippen LogP contribution is 2.21. The fourth-order valence-corrected chi connectivity index (χ4v) is 2.04. The number of hydrogen-bond acceptors (Lipinski definition) is 1. The monoisotopic (exact) mass is 206 g/mol. The number of benzene rings is 1. The first-order valence-electron chi connectivity index (χ1n) is 5.52. The van der Waals surface area contributed by atoms with Crippen molar-refractivity contribution in [3.8, 4) is 0 Å². The van der Waals surface area contributed by atoms with Crippen molar-refractivity contribution in [2.45, 2.75) is 40.0 Å². The summed E-state index contributed by atoms with van der Waals surface area (Å²) in [7, 11) is 0. The summed E-state index contributed by atoms with van der Waals surface area (Å²) in [6.45, 7) is 6.07. The largest absolute Gasteiger partial charge is 0.478 e. The van der Waals surface area contributed by atoms with Crippen LogP contribution in [0.5, 0.6) is 0 Å². The van der Waals surface area contributed by atoms with E-state index in [1.54, 1.807) is 0 Å². The number of carboxylic acid groups (broad SMARTS) is 1. The summed E-state index contributed by atoms with van der Waals surface area (Å²) >= 11 is 0. The van der Waals surface area contributed by atoms with Crippen LogP contribution in [0.25, 0.3) is 0 Å². The van der Waals surface area contributed by atoms with Gasteiger partial charge in [-0.2, -0.15) is 0 Å². The lowest BCUT2D eigenvalue weighted by molar-refractivity contribution is 0.0694. The summed E-state index contributed by atoms with van der Waals surface area (Å²) in [6.07, 6.45) is 2.46. The number of aryl methyl sites for hydroxylation is 2. The van der Waals surface area contributed by atoms with Gasteiger partial charge in [0.05, 0.1) is 5.56 Å². The Hall–Kier alpha value is -1.31. The Labute approximate surface area is 90.9 Å². The van der Waals surface area contributed by atoms with Crippen LogP contribution in [-0.4, -0.2) is 11.1 Å². The zero-order valence-corrected chi connectivity index (χ0v) is 9.63. The third-order valence-corrected chi connectivity index (χ3v) is 2.83. The molecule has 0 amide bonds. The van der Waals surface area contributed by atoms with Gasteiger partial charge in [0.2, 0.25) is 0 Å². The number of hydrogen-bond donors (Lipinski definition) is 1. The van der Waals surface area contributed by atoms with E-state index in [1.807, 2.05) is 19.9 Å². The van der Waals surface area contributed by atoms with E-state index in [4.69, 9.17) is 0 Å². The van der Waals surface area contributed by atoms with Crippen molar-refractivity contribution in [1.29, 1.82) is 0 Å². The normalized spacial score (nSPS) is 10.3. The molecule has 1 aromatic rings. The molecule has 2 heteroatoms. The van der Waals surface area contributed by atoms with Crippen LogP contribution in [0.1, 0.15) is 47.8 Å². The first kappa shape index (κ1) is 11.8.